The lowest BCUT2D eigenvalue weighted by Gasteiger charge is -2.14. The van der Waals surface area contributed by atoms with Gasteiger partial charge in [0.1, 0.15) is 12.4 Å². The molecule has 1 heterocycles. The Balaban J connectivity index is 1.38. The van der Waals surface area contributed by atoms with Crippen molar-refractivity contribution in [2.75, 3.05) is 31.7 Å². The molecule has 1 N–H and O–H groups in total. The molecule has 3 aromatic rings. The summed E-state index contributed by atoms with van der Waals surface area (Å²) in [5.74, 6) is 0.580. The molecular weight excluding hydrogens is 540 g/mol. The number of thioether (sulfide) groups is 1. The molecule has 0 atom stereocenters. The Morgan fingerprint density at radius 1 is 0.974 bits per heavy atom. The number of ether oxygens (including phenoxy) is 3. The maximum absolute atomic E-state index is 12.9. The van der Waals surface area contributed by atoms with Crippen LogP contribution in [0.2, 0.25) is 5.02 Å². The molecule has 3 amide bonds. The lowest BCUT2D eigenvalue weighted by atomic mass is 10.2. The Morgan fingerprint density at radius 2 is 1.74 bits per heavy atom. The van der Waals surface area contributed by atoms with Gasteiger partial charge in [0.25, 0.3) is 17.1 Å². The third-order valence-corrected chi connectivity index (χ3v) is 6.76. The van der Waals surface area contributed by atoms with Crippen molar-refractivity contribution < 1.29 is 28.6 Å². The van der Waals surface area contributed by atoms with Crippen LogP contribution in [0, 0.1) is 6.92 Å². The van der Waals surface area contributed by atoms with Gasteiger partial charge in [-0.1, -0.05) is 47.5 Å². The highest BCUT2D eigenvalue weighted by atomic mass is 35.5. The van der Waals surface area contributed by atoms with E-state index in [0.717, 1.165) is 22.2 Å². The van der Waals surface area contributed by atoms with Crippen LogP contribution in [0.4, 0.5) is 10.5 Å². The standard InChI is InChI=1S/C29H27ClN2O6S/c1-3-36-25-16-20(10-13-24(25)38-18-27(33)31-21-11-8-19(2)9-12-21)17-26-28(34)32(29(35)39-26)14-15-37-23-7-5-4-6-22(23)30/h4-13,16-17H,3,14-15,18H2,1-2H3,(H,31,33)/b26-17-. The number of carbonyl (C=O) groups excluding carboxylic acids is 3. The van der Waals surface area contributed by atoms with Gasteiger partial charge in [0.15, 0.2) is 18.1 Å². The number of carbonyl (C=O) groups is 3. The highest BCUT2D eigenvalue weighted by Crippen LogP contribution is 2.35. The summed E-state index contributed by atoms with van der Waals surface area (Å²) in [6, 6.07) is 19.5. The Hall–Kier alpha value is -3.95. The second-order valence-corrected chi connectivity index (χ2v) is 9.85. The number of benzene rings is 3. The highest BCUT2D eigenvalue weighted by molar-refractivity contribution is 8.18. The first-order valence-corrected chi connectivity index (χ1v) is 13.4. The fraction of sp³-hybridized carbons (Fsp3) is 0.207. The first kappa shape index (κ1) is 28.1. The van der Waals surface area contributed by atoms with Gasteiger partial charge in [-0.15, -0.1) is 0 Å². The van der Waals surface area contributed by atoms with Crippen molar-refractivity contribution in [3.05, 3.63) is 87.8 Å². The molecule has 0 aliphatic carbocycles. The lowest BCUT2D eigenvalue weighted by Crippen LogP contribution is -2.32. The normalized spacial score (nSPS) is 14.0. The first-order chi connectivity index (χ1) is 18.8. The van der Waals surface area contributed by atoms with Crippen LogP contribution in [0.25, 0.3) is 6.08 Å². The fourth-order valence-electron chi connectivity index (χ4n) is 3.63. The van der Waals surface area contributed by atoms with E-state index in [4.69, 9.17) is 25.8 Å². The maximum Gasteiger partial charge on any atom is 0.293 e. The van der Waals surface area contributed by atoms with Crippen molar-refractivity contribution in [2.24, 2.45) is 0 Å². The molecule has 0 radical (unpaired) electrons. The summed E-state index contributed by atoms with van der Waals surface area (Å²) < 4.78 is 17.0. The first-order valence-electron chi connectivity index (χ1n) is 12.2. The molecule has 8 nitrogen and oxygen atoms in total. The molecule has 3 aromatic carbocycles. The van der Waals surface area contributed by atoms with Crippen molar-refractivity contribution in [1.82, 2.24) is 4.90 Å². The second kappa shape index (κ2) is 13.2. The van der Waals surface area contributed by atoms with E-state index >= 15 is 0 Å². The topological polar surface area (TPSA) is 94.2 Å². The number of para-hydroxylation sites is 1. The minimum Gasteiger partial charge on any atom is -0.490 e. The van der Waals surface area contributed by atoms with Crippen LogP contribution in [0.5, 0.6) is 17.2 Å². The molecular formula is C29H27ClN2O6S. The summed E-state index contributed by atoms with van der Waals surface area (Å²) in [5.41, 5.74) is 2.42. The fourth-order valence-corrected chi connectivity index (χ4v) is 4.69. The number of hydrogen-bond donors (Lipinski definition) is 1. The number of anilines is 1. The van der Waals surface area contributed by atoms with Gasteiger partial charge in [0, 0.05) is 5.69 Å². The third kappa shape index (κ3) is 7.55. The zero-order valence-electron chi connectivity index (χ0n) is 21.4. The molecule has 1 aliphatic heterocycles. The number of rotatable bonds is 11. The quantitative estimate of drug-likeness (QED) is 0.277. The van der Waals surface area contributed by atoms with Crippen LogP contribution in [0.15, 0.2) is 71.6 Å². The van der Waals surface area contributed by atoms with E-state index in [1.54, 1.807) is 48.5 Å². The van der Waals surface area contributed by atoms with Crippen LogP contribution in [-0.4, -0.2) is 48.3 Å². The molecule has 0 spiro atoms. The van der Waals surface area contributed by atoms with E-state index < -0.39 is 5.91 Å². The number of amides is 3. The van der Waals surface area contributed by atoms with Gasteiger partial charge in [0.05, 0.1) is 23.1 Å². The predicted octanol–water partition coefficient (Wildman–Crippen LogP) is 6.18. The van der Waals surface area contributed by atoms with Crippen molar-refractivity contribution in [1.29, 1.82) is 0 Å². The van der Waals surface area contributed by atoms with Gasteiger partial charge >= 0.3 is 0 Å². The monoisotopic (exact) mass is 566 g/mol. The molecule has 1 saturated heterocycles. The second-order valence-electron chi connectivity index (χ2n) is 8.45. The largest absolute Gasteiger partial charge is 0.490 e. The Bertz CT molecular complexity index is 1390. The summed E-state index contributed by atoms with van der Waals surface area (Å²) >= 11 is 6.94. The SMILES string of the molecule is CCOc1cc(/C=C2\SC(=O)N(CCOc3ccccc3Cl)C2=O)ccc1OCC(=O)Nc1ccc(C)cc1. The lowest BCUT2D eigenvalue weighted by molar-refractivity contribution is -0.123. The zero-order valence-corrected chi connectivity index (χ0v) is 23.0. The van der Waals surface area contributed by atoms with Gasteiger partial charge in [-0.05, 0) is 73.6 Å². The summed E-state index contributed by atoms with van der Waals surface area (Å²) in [4.78, 5) is 39.1. The highest BCUT2D eigenvalue weighted by Gasteiger charge is 2.34. The summed E-state index contributed by atoms with van der Waals surface area (Å²) in [7, 11) is 0. The van der Waals surface area contributed by atoms with E-state index in [1.807, 2.05) is 38.1 Å². The molecule has 202 valence electrons. The van der Waals surface area contributed by atoms with E-state index in [2.05, 4.69) is 5.32 Å². The van der Waals surface area contributed by atoms with E-state index in [1.165, 1.54) is 0 Å². The number of aryl methyl sites for hydroxylation is 1. The van der Waals surface area contributed by atoms with E-state index in [9.17, 15) is 14.4 Å². The smallest absolute Gasteiger partial charge is 0.293 e. The maximum atomic E-state index is 12.9. The molecule has 1 aliphatic rings. The van der Waals surface area contributed by atoms with E-state index in [-0.39, 0.29) is 35.8 Å². The van der Waals surface area contributed by atoms with Gasteiger partial charge in [-0.3, -0.25) is 19.3 Å². The van der Waals surface area contributed by atoms with Crippen molar-refractivity contribution in [3.8, 4) is 17.2 Å². The molecule has 1 fully saturated rings. The van der Waals surface area contributed by atoms with Crippen LogP contribution >= 0.6 is 23.4 Å². The van der Waals surface area contributed by atoms with Crippen LogP contribution in [0.3, 0.4) is 0 Å². The van der Waals surface area contributed by atoms with Crippen LogP contribution in [-0.2, 0) is 9.59 Å². The number of nitrogens with zero attached hydrogens (tertiary/aromatic N) is 1. The van der Waals surface area contributed by atoms with E-state index in [0.29, 0.717) is 40.1 Å². The minimum absolute atomic E-state index is 0.0921. The number of nitrogens with one attached hydrogen (secondary N) is 1. The Morgan fingerprint density at radius 3 is 2.49 bits per heavy atom. The van der Waals surface area contributed by atoms with Gasteiger partial charge in [-0.25, -0.2) is 0 Å². The average molecular weight is 567 g/mol. The molecule has 4 rings (SSSR count). The van der Waals surface area contributed by atoms with Gasteiger partial charge in [-0.2, -0.15) is 0 Å². The van der Waals surface area contributed by atoms with Crippen molar-refractivity contribution in [3.63, 3.8) is 0 Å². The number of imide groups is 1. The zero-order chi connectivity index (χ0) is 27.8. The summed E-state index contributed by atoms with van der Waals surface area (Å²) in [6.07, 6.45) is 1.62. The van der Waals surface area contributed by atoms with Gasteiger partial charge in [0.2, 0.25) is 0 Å². The third-order valence-electron chi connectivity index (χ3n) is 5.54. The predicted molar refractivity (Wildman–Crippen MR) is 153 cm³/mol. The molecule has 0 saturated carbocycles. The molecule has 0 aromatic heterocycles. The van der Waals surface area contributed by atoms with Crippen molar-refractivity contribution >= 4 is 52.2 Å². The van der Waals surface area contributed by atoms with Crippen molar-refractivity contribution in [2.45, 2.75) is 13.8 Å². The molecule has 0 bridgehead atoms. The van der Waals surface area contributed by atoms with Gasteiger partial charge < -0.3 is 19.5 Å². The molecule has 39 heavy (non-hydrogen) atoms. The summed E-state index contributed by atoms with van der Waals surface area (Å²) in [5, 5.41) is 2.86. The average Bonchev–Trinajstić information content (AvgIpc) is 3.18. The summed E-state index contributed by atoms with van der Waals surface area (Å²) in [6.45, 7) is 4.18. The minimum atomic E-state index is -0.404. The van der Waals surface area contributed by atoms with Crippen LogP contribution in [0.1, 0.15) is 18.1 Å². The Kier molecular flexibility index (Phi) is 9.51. The number of halogens is 1. The molecule has 10 heteroatoms. The Labute approximate surface area is 235 Å². The van der Waals surface area contributed by atoms with Crippen LogP contribution < -0.4 is 19.5 Å². The molecule has 0 unspecified atom stereocenters. The number of hydrogen-bond acceptors (Lipinski definition) is 7.